The number of amides is 1. The van der Waals surface area contributed by atoms with E-state index in [1.165, 1.54) is 24.9 Å². The Morgan fingerprint density at radius 2 is 2.11 bits per heavy atom. The molecule has 0 bridgehead atoms. The second kappa shape index (κ2) is 9.91. The summed E-state index contributed by atoms with van der Waals surface area (Å²) in [7, 11) is 1.30. The third-order valence-electron chi connectivity index (χ3n) is 3.77. The SMILES string of the molecule is CCCCc1cc(=O)[nH]c(SC(C)C(=O)Nc2cccc(C(=O)OC)c2)n1. The Balaban J connectivity index is 2.05. The summed E-state index contributed by atoms with van der Waals surface area (Å²) in [4.78, 5) is 42.9. The minimum atomic E-state index is -0.489. The van der Waals surface area contributed by atoms with Crippen molar-refractivity contribution in [1.29, 1.82) is 0 Å². The first kappa shape index (κ1) is 20.7. The van der Waals surface area contributed by atoms with Crippen molar-refractivity contribution in [3.63, 3.8) is 0 Å². The second-order valence-electron chi connectivity index (χ2n) is 5.97. The van der Waals surface area contributed by atoms with Gasteiger partial charge >= 0.3 is 5.97 Å². The number of rotatable bonds is 8. The van der Waals surface area contributed by atoms with Crippen molar-refractivity contribution >= 4 is 29.3 Å². The van der Waals surface area contributed by atoms with Gasteiger partial charge in [0.1, 0.15) is 0 Å². The molecule has 0 aliphatic heterocycles. The molecule has 2 aromatic rings. The number of aryl methyl sites for hydroxylation is 1. The smallest absolute Gasteiger partial charge is 0.337 e. The number of benzene rings is 1. The number of unbranched alkanes of at least 4 members (excludes halogenated alkanes) is 1. The number of aromatic amines is 1. The van der Waals surface area contributed by atoms with Crippen LogP contribution in [0.2, 0.25) is 0 Å². The molecule has 0 aliphatic carbocycles. The van der Waals surface area contributed by atoms with Gasteiger partial charge in [-0.2, -0.15) is 0 Å². The van der Waals surface area contributed by atoms with Crippen LogP contribution in [0.1, 0.15) is 42.7 Å². The number of ether oxygens (including phenoxy) is 1. The van der Waals surface area contributed by atoms with E-state index >= 15 is 0 Å². The Morgan fingerprint density at radius 3 is 2.81 bits per heavy atom. The molecular formula is C19H23N3O4S. The first-order valence-electron chi connectivity index (χ1n) is 8.69. The average Bonchev–Trinajstić information content (AvgIpc) is 2.65. The van der Waals surface area contributed by atoms with Crippen LogP contribution in [0.4, 0.5) is 5.69 Å². The van der Waals surface area contributed by atoms with Gasteiger partial charge < -0.3 is 15.0 Å². The lowest BCUT2D eigenvalue weighted by Gasteiger charge is -2.12. The molecule has 0 aliphatic rings. The van der Waals surface area contributed by atoms with E-state index in [9.17, 15) is 14.4 Å². The van der Waals surface area contributed by atoms with Gasteiger partial charge in [0.05, 0.1) is 17.9 Å². The van der Waals surface area contributed by atoms with E-state index in [0.717, 1.165) is 25.0 Å². The molecule has 0 saturated carbocycles. The third kappa shape index (κ3) is 6.25. The van der Waals surface area contributed by atoms with Crippen LogP contribution < -0.4 is 10.9 Å². The van der Waals surface area contributed by atoms with Gasteiger partial charge in [-0.05, 0) is 38.0 Å². The minimum Gasteiger partial charge on any atom is -0.465 e. The molecule has 1 aromatic carbocycles. The van der Waals surface area contributed by atoms with Gasteiger partial charge in [0.15, 0.2) is 5.16 Å². The maximum absolute atomic E-state index is 12.4. The Labute approximate surface area is 161 Å². The predicted octanol–water partition coefficient (Wildman–Crippen LogP) is 3.02. The molecule has 27 heavy (non-hydrogen) atoms. The van der Waals surface area contributed by atoms with Crippen LogP contribution in [0.15, 0.2) is 40.3 Å². The Kier molecular flexibility index (Phi) is 7.60. The molecule has 8 heteroatoms. The zero-order valence-electron chi connectivity index (χ0n) is 15.6. The number of carbonyl (C=O) groups is 2. The zero-order valence-corrected chi connectivity index (χ0v) is 16.4. The molecule has 7 nitrogen and oxygen atoms in total. The van der Waals surface area contributed by atoms with E-state index in [0.29, 0.717) is 16.4 Å². The van der Waals surface area contributed by atoms with Gasteiger partial charge in [-0.3, -0.25) is 9.59 Å². The number of thioether (sulfide) groups is 1. The maximum Gasteiger partial charge on any atom is 0.337 e. The molecule has 1 amide bonds. The van der Waals surface area contributed by atoms with Crippen LogP contribution in [0.5, 0.6) is 0 Å². The summed E-state index contributed by atoms with van der Waals surface area (Å²) in [5.41, 5.74) is 1.34. The standard InChI is InChI=1S/C19H23N3O4S/c1-4-5-8-15-11-16(23)22-19(21-15)27-12(2)17(24)20-14-9-6-7-13(10-14)18(25)26-3/h6-7,9-12H,4-5,8H2,1-3H3,(H,20,24)(H,21,22,23). The molecule has 0 saturated heterocycles. The van der Waals surface area contributed by atoms with Crippen molar-refractivity contribution < 1.29 is 14.3 Å². The van der Waals surface area contributed by atoms with Crippen LogP contribution >= 0.6 is 11.8 Å². The summed E-state index contributed by atoms with van der Waals surface area (Å²) in [6.07, 6.45) is 2.70. The first-order chi connectivity index (χ1) is 12.9. The van der Waals surface area contributed by atoms with E-state index in [-0.39, 0.29) is 11.5 Å². The molecule has 1 unspecified atom stereocenters. The van der Waals surface area contributed by atoms with Crippen LogP contribution in [-0.2, 0) is 16.0 Å². The Hall–Kier alpha value is -2.61. The lowest BCUT2D eigenvalue weighted by atomic mass is 10.2. The van der Waals surface area contributed by atoms with Crippen LogP contribution in [0.3, 0.4) is 0 Å². The fourth-order valence-corrected chi connectivity index (χ4v) is 3.16. The molecule has 1 heterocycles. The van der Waals surface area contributed by atoms with Crippen molar-refractivity contribution in [2.24, 2.45) is 0 Å². The predicted molar refractivity (Wildman–Crippen MR) is 105 cm³/mol. The number of hydrogen-bond acceptors (Lipinski definition) is 6. The number of esters is 1. The summed E-state index contributed by atoms with van der Waals surface area (Å²) in [6.45, 7) is 3.80. The van der Waals surface area contributed by atoms with Gasteiger partial charge in [0.25, 0.3) is 5.56 Å². The van der Waals surface area contributed by atoms with Crippen LogP contribution in [0, 0.1) is 0 Å². The van der Waals surface area contributed by atoms with E-state index < -0.39 is 11.2 Å². The number of methoxy groups -OCH3 is 1. The largest absolute Gasteiger partial charge is 0.465 e. The molecule has 0 fully saturated rings. The quantitative estimate of drug-likeness (QED) is 0.409. The molecule has 0 spiro atoms. The number of nitrogens with zero attached hydrogens (tertiary/aromatic N) is 1. The summed E-state index contributed by atoms with van der Waals surface area (Å²) < 4.78 is 4.68. The lowest BCUT2D eigenvalue weighted by molar-refractivity contribution is -0.115. The number of hydrogen-bond donors (Lipinski definition) is 2. The van der Waals surface area contributed by atoms with E-state index in [1.807, 2.05) is 0 Å². The fourth-order valence-electron chi connectivity index (χ4n) is 2.33. The zero-order chi connectivity index (χ0) is 19.8. The monoisotopic (exact) mass is 389 g/mol. The van der Waals surface area contributed by atoms with Crippen molar-refractivity contribution in [1.82, 2.24) is 9.97 Å². The highest BCUT2D eigenvalue weighted by molar-refractivity contribution is 8.00. The fraction of sp³-hybridized carbons (Fsp3) is 0.368. The number of anilines is 1. The lowest BCUT2D eigenvalue weighted by Crippen LogP contribution is -2.23. The molecule has 2 rings (SSSR count). The van der Waals surface area contributed by atoms with Crippen molar-refractivity contribution in [2.75, 3.05) is 12.4 Å². The normalized spacial score (nSPS) is 11.7. The third-order valence-corrected chi connectivity index (χ3v) is 4.75. The molecule has 1 aromatic heterocycles. The van der Waals surface area contributed by atoms with Gasteiger partial charge in [-0.15, -0.1) is 0 Å². The average molecular weight is 389 g/mol. The highest BCUT2D eigenvalue weighted by Crippen LogP contribution is 2.21. The summed E-state index contributed by atoms with van der Waals surface area (Å²) in [5, 5.41) is 2.68. The van der Waals surface area contributed by atoms with Gasteiger partial charge in [-0.25, -0.2) is 9.78 Å². The van der Waals surface area contributed by atoms with Crippen molar-refractivity contribution in [3.8, 4) is 0 Å². The van der Waals surface area contributed by atoms with Crippen molar-refractivity contribution in [3.05, 3.63) is 51.9 Å². The minimum absolute atomic E-state index is 0.225. The highest BCUT2D eigenvalue weighted by Gasteiger charge is 2.17. The van der Waals surface area contributed by atoms with Crippen LogP contribution in [-0.4, -0.2) is 34.2 Å². The van der Waals surface area contributed by atoms with Crippen molar-refractivity contribution in [2.45, 2.75) is 43.5 Å². The molecule has 1 atom stereocenters. The topological polar surface area (TPSA) is 101 Å². The molecule has 144 valence electrons. The molecule has 0 radical (unpaired) electrons. The van der Waals surface area contributed by atoms with E-state index in [1.54, 1.807) is 31.2 Å². The molecular weight excluding hydrogens is 366 g/mol. The summed E-state index contributed by atoms with van der Waals surface area (Å²) >= 11 is 1.18. The van der Waals surface area contributed by atoms with E-state index in [4.69, 9.17) is 0 Å². The Morgan fingerprint density at radius 1 is 1.33 bits per heavy atom. The van der Waals surface area contributed by atoms with E-state index in [2.05, 4.69) is 26.9 Å². The number of H-pyrrole nitrogens is 1. The summed E-state index contributed by atoms with van der Waals surface area (Å²) in [6, 6.07) is 7.99. The molecule has 2 N–H and O–H groups in total. The summed E-state index contributed by atoms with van der Waals surface area (Å²) in [5.74, 6) is -0.734. The number of carbonyl (C=O) groups excluding carboxylic acids is 2. The van der Waals surface area contributed by atoms with Crippen LogP contribution in [0.25, 0.3) is 0 Å². The maximum atomic E-state index is 12.4. The Bertz CT molecular complexity index is 866. The van der Waals surface area contributed by atoms with Gasteiger partial charge in [0, 0.05) is 17.4 Å². The number of aromatic nitrogens is 2. The van der Waals surface area contributed by atoms with Gasteiger partial charge in [-0.1, -0.05) is 31.2 Å². The van der Waals surface area contributed by atoms with Gasteiger partial charge in [0.2, 0.25) is 5.91 Å². The first-order valence-corrected chi connectivity index (χ1v) is 9.57. The highest BCUT2D eigenvalue weighted by atomic mass is 32.2. The number of nitrogens with one attached hydrogen (secondary N) is 2. The second-order valence-corrected chi connectivity index (χ2v) is 7.30.